The molecule has 1 heterocycles. The standard InChI is InChI=1S/C22H24N2O4S/c1-28-12-4-7-15-8-10-17(11-9-15)18(13-16-5-2-3-6-16)20(25)24-22-23-19(14-29-22)21(26)27/h8-11,14,16,18H,2-3,5-6,12-13H2,1H3,(H,26,27)(H,23,24,25). The van der Waals surface area contributed by atoms with Gasteiger partial charge in [0.1, 0.15) is 6.61 Å². The summed E-state index contributed by atoms with van der Waals surface area (Å²) < 4.78 is 4.94. The molecule has 0 spiro atoms. The van der Waals surface area contributed by atoms with Crippen LogP contribution in [0, 0.1) is 17.8 Å². The molecule has 7 heteroatoms. The lowest BCUT2D eigenvalue weighted by Gasteiger charge is -2.20. The highest BCUT2D eigenvalue weighted by atomic mass is 32.1. The fourth-order valence-electron chi connectivity index (χ4n) is 3.60. The van der Waals surface area contributed by atoms with Crippen LogP contribution in [0.1, 0.15) is 59.6 Å². The van der Waals surface area contributed by atoms with Crippen molar-refractivity contribution in [1.29, 1.82) is 0 Å². The number of anilines is 1. The van der Waals surface area contributed by atoms with Crippen LogP contribution >= 0.6 is 11.3 Å². The van der Waals surface area contributed by atoms with Crippen molar-refractivity contribution < 1.29 is 19.4 Å². The summed E-state index contributed by atoms with van der Waals surface area (Å²) in [5, 5.41) is 13.6. The zero-order valence-electron chi connectivity index (χ0n) is 16.3. The van der Waals surface area contributed by atoms with E-state index in [-0.39, 0.29) is 17.5 Å². The Labute approximate surface area is 174 Å². The smallest absolute Gasteiger partial charge is 0.355 e. The minimum Gasteiger partial charge on any atom is -0.476 e. The van der Waals surface area contributed by atoms with E-state index < -0.39 is 5.97 Å². The molecule has 1 atom stereocenters. The molecule has 29 heavy (non-hydrogen) atoms. The van der Waals surface area contributed by atoms with Gasteiger partial charge in [0.2, 0.25) is 5.91 Å². The Balaban J connectivity index is 1.76. The van der Waals surface area contributed by atoms with Gasteiger partial charge in [-0.25, -0.2) is 9.78 Å². The molecule has 2 N–H and O–H groups in total. The monoisotopic (exact) mass is 412 g/mol. The number of hydrogen-bond acceptors (Lipinski definition) is 5. The van der Waals surface area contributed by atoms with Gasteiger partial charge >= 0.3 is 5.97 Å². The number of hydrogen-bond donors (Lipinski definition) is 2. The largest absolute Gasteiger partial charge is 0.476 e. The van der Waals surface area contributed by atoms with Gasteiger partial charge in [-0.15, -0.1) is 11.3 Å². The number of methoxy groups -OCH3 is 1. The third kappa shape index (κ3) is 5.89. The Morgan fingerprint density at radius 3 is 2.66 bits per heavy atom. The Morgan fingerprint density at radius 1 is 1.31 bits per heavy atom. The van der Waals surface area contributed by atoms with Gasteiger partial charge in [0.15, 0.2) is 10.8 Å². The average molecular weight is 413 g/mol. The van der Waals surface area contributed by atoms with Crippen LogP contribution in [0.3, 0.4) is 0 Å². The molecule has 3 rings (SSSR count). The van der Waals surface area contributed by atoms with E-state index in [2.05, 4.69) is 22.1 Å². The van der Waals surface area contributed by atoms with E-state index >= 15 is 0 Å². The van der Waals surface area contributed by atoms with Gasteiger partial charge in [-0.1, -0.05) is 49.7 Å². The van der Waals surface area contributed by atoms with Gasteiger partial charge in [0.05, 0.1) is 5.92 Å². The van der Waals surface area contributed by atoms with Crippen molar-refractivity contribution >= 4 is 28.3 Å². The van der Waals surface area contributed by atoms with Gasteiger partial charge in [-0.2, -0.15) is 0 Å². The summed E-state index contributed by atoms with van der Waals surface area (Å²) in [6, 6.07) is 7.72. The third-order valence-electron chi connectivity index (χ3n) is 5.08. The third-order valence-corrected chi connectivity index (χ3v) is 5.83. The average Bonchev–Trinajstić information content (AvgIpc) is 3.39. The van der Waals surface area contributed by atoms with E-state index in [1.807, 2.05) is 24.3 Å². The number of carboxylic acid groups (broad SMARTS) is 1. The van der Waals surface area contributed by atoms with Crippen molar-refractivity contribution in [3.05, 3.63) is 46.5 Å². The lowest BCUT2D eigenvalue weighted by atomic mass is 9.87. The maximum absolute atomic E-state index is 13.0. The Bertz CT molecular complexity index is 905. The van der Waals surface area contributed by atoms with E-state index in [9.17, 15) is 9.59 Å². The van der Waals surface area contributed by atoms with E-state index in [1.54, 1.807) is 7.11 Å². The van der Waals surface area contributed by atoms with Crippen LogP contribution in [0.25, 0.3) is 0 Å². The maximum Gasteiger partial charge on any atom is 0.355 e. The van der Waals surface area contributed by atoms with Crippen molar-refractivity contribution in [3.8, 4) is 11.8 Å². The predicted octanol–water partition coefficient (Wildman–Crippen LogP) is 4.14. The van der Waals surface area contributed by atoms with Crippen LogP contribution in [0.2, 0.25) is 0 Å². The Morgan fingerprint density at radius 2 is 2.03 bits per heavy atom. The molecule has 1 aromatic carbocycles. The van der Waals surface area contributed by atoms with Crippen LogP contribution in [-0.2, 0) is 9.53 Å². The van der Waals surface area contributed by atoms with Gasteiger partial charge < -0.3 is 15.2 Å². The lowest BCUT2D eigenvalue weighted by molar-refractivity contribution is -0.118. The van der Waals surface area contributed by atoms with Crippen LogP contribution in [0.4, 0.5) is 5.13 Å². The highest BCUT2D eigenvalue weighted by molar-refractivity contribution is 7.14. The number of nitrogens with one attached hydrogen (secondary N) is 1. The molecule has 2 aromatic rings. The first-order chi connectivity index (χ1) is 14.1. The molecule has 1 amide bonds. The van der Waals surface area contributed by atoms with Crippen molar-refractivity contribution in [3.63, 3.8) is 0 Å². The van der Waals surface area contributed by atoms with Crippen LogP contribution in [-0.4, -0.2) is 35.7 Å². The first kappa shape index (κ1) is 21.0. The number of thiazole rings is 1. The molecular formula is C22H24N2O4S. The van der Waals surface area contributed by atoms with Crippen molar-refractivity contribution in [2.24, 2.45) is 5.92 Å². The summed E-state index contributed by atoms with van der Waals surface area (Å²) in [5.74, 6) is 4.91. The quantitative estimate of drug-likeness (QED) is 0.667. The molecule has 0 bridgehead atoms. The number of amides is 1. The van der Waals surface area contributed by atoms with Crippen LogP contribution < -0.4 is 5.32 Å². The summed E-state index contributed by atoms with van der Waals surface area (Å²) >= 11 is 1.12. The SMILES string of the molecule is COCC#Cc1ccc(C(CC2CCCC2)C(=O)Nc2nc(C(=O)O)cs2)cc1. The number of nitrogens with zero attached hydrogens (tertiary/aromatic N) is 1. The number of ether oxygens (including phenoxy) is 1. The highest BCUT2D eigenvalue weighted by Gasteiger charge is 2.27. The van der Waals surface area contributed by atoms with Crippen molar-refractivity contribution in [1.82, 2.24) is 4.98 Å². The molecule has 1 fully saturated rings. The van der Waals surface area contributed by atoms with Crippen molar-refractivity contribution in [2.75, 3.05) is 19.0 Å². The second-order valence-electron chi connectivity index (χ2n) is 7.13. The minimum absolute atomic E-state index is 0.0587. The number of carboxylic acids is 1. The zero-order chi connectivity index (χ0) is 20.6. The zero-order valence-corrected chi connectivity index (χ0v) is 17.1. The van der Waals surface area contributed by atoms with Gasteiger partial charge in [0.25, 0.3) is 0 Å². The fourth-order valence-corrected chi connectivity index (χ4v) is 4.29. The van der Waals surface area contributed by atoms with E-state index in [4.69, 9.17) is 9.84 Å². The van der Waals surface area contributed by atoms with Gasteiger partial charge in [-0.3, -0.25) is 4.79 Å². The second-order valence-corrected chi connectivity index (χ2v) is 7.99. The maximum atomic E-state index is 13.0. The molecule has 0 aliphatic heterocycles. The molecular weight excluding hydrogens is 388 g/mol. The number of aromatic nitrogens is 1. The van der Waals surface area contributed by atoms with Crippen molar-refractivity contribution in [2.45, 2.75) is 38.0 Å². The number of carbonyl (C=O) groups excluding carboxylic acids is 1. The minimum atomic E-state index is -1.10. The first-order valence-electron chi connectivity index (χ1n) is 9.64. The molecule has 1 aliphatic rings. The summed E-state index contributed by atoms with van der Waals surface area (Å²) in [5.41, 5.74) is 1.75. The van der Waals surface area contributed by atoms with Gasteiger partial charge in [0, 0.05) is 18.1 Å². The van der Waals surface area contributed by atoms with Crippen LogP contribution in [0.5, 0.6) is 0 Å². The van der Waals surface area contributed by atoms with Crippen LogP contribution in [0.15, 0.2) is 29.6 Å². The van der Waals surface area contributed by atoms with Gasteiger partial charge in [-0.05, 0) is 30.0 Å². The molecule has 1 aromatic heterocycles. The summed E-state index contributed by atoms with van der Waals surface area (Å²) in [7, 11) is 1.60. The number of aromatic carboxylic acids is 1. The second kappa shape index (κ2) is 10.2. The molecule has 152 valence electrons. The summed E-state index contributed by atoms with van der Waals surface area (Å²) in [6.07, 6.45) is 5.48. The first-order valence-corrected chi connectivity index (χ1v) is 10.5. The van der Waals surface area contributed by atoms with E-state index in [0.717, 1.165) is 41.7 Å². The molecule has 1 saturated carbocycles. The number of rotatable bonds is 7. The summed E-state index contributed by atoms with van der Waals surface area (Å²) in [6.45, 7) is 0.376. The predicted molar refractivity (Wildman–Crippen MR) is 112 cm³/mol. The molecule has 1 aliphatic carbocycles. The molecule has 1 unspecified atom stereocenters. The topological polar surface area (TPSA) is 88.5 Å². The fraction of sp³-hybridized carbons (Fsp3) is 0.409. The normalized spacial score (nSPS) is 14.8. The lowest BCUT2D eigenvalue weighted by Crippen LogP contribution is -2.23. The number of carbonyl (C=O) groups is 2. The molecule has 0 radical (unpaired) electrons. The van der Waals surface area contributed by atoms with E-state index in [0.29, 0.717) is 17.7 Å². The number of benzene rings is 1. The molecule has 0 saturated heterocycles. The highest BCUT2D eigenvalue weighted by Crippen LogP contribution is 2.35. The molecule has 6 nitrogen and oxygen atoms in total. The summed E-state index contributed by atoms with van der Waals surface area (Å²) in [4.78, 5) is 28.0. The Kier molecular flexibility index (Phi) is 7.39. The van der Waals surface area contributed by atoms with E-state index in [1.165, 1.54) is 18.2 Å². The Hall–Kier alpha value is -2.69.